The third kappa shape index (κ3) is 1.85. The van der Waals surface area contributed by atoms with Gasteiger partial charge in [-0.2, -0.15) is 0 Å². The van der Waals surface area contributed by atoms with E-state index in [1.807, 2.05) is 25.4 Å². The van der Waals surface area contributed by atoms with E-state index in [1.54, 1.807) is 6.07 Å². The fourth-order valence-electron chi connectivity index (χ4n) is 2.55. The fraction of sp³-hybridized carbons (Fsp3) is 0.200. The highest BCUT2D eigenvalue weighted by Crippen LogP contribution is 2.30. The predicted molar refractivity (Wildman–Crippen MR) is 77.5 cm³/mol. The van der Waals surface area contributed by atoms with E-state index in [4.69, 9.17) is 5.73 Å². The molecule has 19 heavy (non-hydrogen) atoms. The molecule has 3 N–H and O–H groups in total. The lowest BCUT2D eigenvalue weighted by Crippen LogP contribution is -2.11. The van der Waals surface area contributed by atoms with Crippen molar-refractivity contribution in [2.75, 3.05) is 6.54 Å². The van der Waals surface area contributed by atoms with Gasteiger partial charge in [-0.1, -0.05) is 12.1 Å². The predicted octanol–water partition coefficient (Wildman–Crippen LogP) is 2.43. The van der Waals surface area contributed by atoms with Crippen LogP contribution in [0.15, 0.2) is 29.4 Å². The summed E-state index contributed by atoms with van der Waals surface area (Å²) in [5.41, 5.74) is 10.1. The number of aromatic nitrogens is 1. The number of nitrogens with one attached hydrogen (secondary N) is 1. The maximum Gasteiger partial charge on any atom is 0.250 e. The molecule has 0 unspecified atom stereocenters. The number of dihydropyridines is 1. The first-order chi connectivity index (χ1) is 9.18. The van der Waals surface area contributed by atoms with E-state index in [1.165, 1.54) is 0 Å². The number of hydrogen-bond acceptors (Lipinski definition) is 2. The van der Waals surface area contributed by atoms with Gasteiger partial charge < -0.3 is 10.7 Å². The van der Waals surface area contributed by atoms with Crippen molar-refractivity contribution in [3.8, 4) is 0 Å². The summed E-state index contributed by atoms with van der Waals surface area (Å²) in [5, 5.41) is 1.05. The first kappa shape index (κ1) is 11.7. The minimum absolute atomic E-state index is 0.412. The van der Waals surface area contributed by atoms with Crippen LogP contribution in [0.3, 0.4) is 0 Å². The topological polar surface area (TPSA) is 71.2 Å². The van der Waals surface area contributed by atoms with Gasteiger partial charge in [0.2, 0.25) is 0 Å². The number of nitrogens with two attached hydrogens (primary N) is 1. The molecule has 1 aliphatic rings. The van der Waals surface area contributed by atoms with E-state index < -0.39 is 5.91 Å². The van der Waals surface area contributed by atoms with Gasteiger partial charge in [0.25, 0.3) is 5.91 Å². The van der Waals surface area contributed by atoms with Crippen LogP contribution in [0.25, 0.3) is 16.5 Å². The van der Waals surface area contributed by atoms with E-state index in [0.717, 1.165) is 40.6 Å². The molecule has 96 valence electrons. The molecule has 1 aromatic heterocycles. The molecule has 0 spiro atoms. The maximum atomic E-state index is 11.5. The van der Waals surface area contributed by atoms with Gasteiger partial charge in [-0.15, -0.1) is 0 Å². The number of amides is 1. The van der Waals surface area contributed by atoms with Crippen LogP contribution in [-0.2, 0) is 0 Å². The Morgan fingerprint density at radius 2 is 2.26 bits per heavy atom. The molecular formula is C15H15N3O. The van der Waals surface area contributed by atoms with Crippen LogP contribution in [0.4, 0.5) is 0 Å². The SMILES string of the molecule is Cc1c[nH]c2c(C(N)=O)ccc(C3=CCCN=C3)c12. The summed E-state index contributed by atoms with van der Waals surface area (Å²) in [6, 6.07) is 3.73. The number of aryl methyl sites for hydroxylation is 1. The van der Waals surface area contributed by atoms with E-state index in [0.29, 0.717) is 5.56 Å². The molecule has 0 bridgehead atoms. The standard InChI is InChI=1S/C15H15N3O/c1-9-7-18-14-12(15(16)19)5-4-11(13(9)14)10-3-2-6-17-8-10/h3-5,7-8,18H,2,6H2,1H3,(H2,16,19). The number of carbonyl (C=O) groups is 1. The molecule has 1 aliphatic heterocycles. The molecule has 0 saturated heterocycles. The zero-order chi connectivity index (χ0) is 13.4. The second kappa shape index (κ2) is 4.39. The summed E-state index contributed by atoms with van der Waals surface area (Å²) in [6.45, 7) is 2.87. The van der Waals surface area contributed by atoms with E-state index in [9.17, 15) is 4.79 Å². The Balaban J connectivity index is 2.30. The molecule has 1 aromatic carbocycles. The highest BCUT2D eigenvalue weighted by atomic mass is 16.1. The third-order valence-corrected chi connectivity index (χ3v) is 3.46. The fourth-order valence-corrected chi connectivity index (χ4v) is 2.55. The number of H-pyrrole nitrogens is 1. The normalized spacial score (nSPS) is 14.7. The van der Waals surface area contributed by atoms with Gasteiger partial charge in [0.1, 0.15) is 0 Å². The Bertz CT molecular complexity index is 722. The first-order valence-electron chi connectivity index (χ1n) is 6.29. The monoisotopic (exact) mass is 253 g/mol. The Morgan fingerprint density at radius 1 is 1.42 bits per heavy atom. The van der Waals surface area contributed by atoms with Gasteiger partial charge in [0.05, 0.1) is 11.1 Å². The van der Waals surface area contributed by atoms with Crippen LogP contribution in [-0.4, -0.2) is 23.7 Å². The van der Waals surface area contributed by atoms with Gasteiger partial charge >= 0.3 is 0 Å². The first-order valence-corrected chi connectivity index (χ1v) is 6.29. The second-order valence-corrected chi connectivity index (χ2v) is 4.73. The van der Waals surface area contributed by atoms with Crippen LogP contribution in [0.2, 0.25) is 0 Å². The smallest absolute Gasteiger partial charge is 0.250 e. The molecule has 0 saturated carbocycles. The Labute approximate surface area is 111 Å². The number of fused-ring (bicyclic) bond motifs is 1. The van der Waals surface area contributed by atoms with Gasteiger partial charge in [0.15, 0.2) is 0 Å². The van der Waals surface area contributed by atoms with Crippen molar-refractivity contribution in [2.24, 2.45) is 10.7 Å². The number of allylic oxidation sites excluding steroid dienone is 1. The highest BCUT2D eigenvalue weighted by molar-refractivity contribution is 6.17. The van der Waals surface area contributed by atoms with Crippen molar-refractivity contribution >= 4 is 28.6 Å². The lowest BCUT2D eigenvalue weighted by molar-refractivity contribution is 0.100. The van der Waals surface area contributed by atoms with Gasteiger partial charge in [-0.25, -0.2) is 0 Å². The van der Waals surface area contributed by atoms with Gasteiger partial charge in [0, 0.05) is 24.3 Å². The molecule has 4 heteroatoms. The van der Waals surface area contributed by atoms with E-state index in [2.05, 4.69) is 16.1 Å². The second-order valence-electron chi connectivity index (χ2n) is 4.73. The van der Waals surface area contributed by atoms with Crippen molar-refractivity contribution < 1.29 is 4.79 Å². The number of nitrogens with zero attached hydrogens (tertiary/aromatic N) is 1. The van der Waals surface area contributed by atoms with Crippen LogP contribution in [0, 0.1) is 6.92 Å². The molecule has 2 aromatic rings. The minimum atomic E-state index is -0.412. The quantitative estimate of drug-likeness (QED) is 0.847. The van der Waals surface area contributed by atoms with E-state index in [-0.39, 0.29) is 0 Å². The molecule has 2 heterocycles. The average Bonchev–Trinajstić information content (AvgIpc) is 2.81. The summed E-state index contributed by atoms with van der Waals surface area (Å²) in [6.07, 6.45) is 6.93. The zero-order valence-corrected chi connectivity index (χ0v) is 10.7. The Morgan fingerprint density at radius 3 is 2.95 bits per heavy atom. The summed E-state index contributed by atoms with van der Waals surface area (Å²) >= 11 is 0. The third-order valence-electron chi connectivity index (χ3n) is 3.46. The molecule has 0 atom stereocenters. The largest absolute Gasteiger partial charge is 0.366 e. The Kier molecular flexibility index (Phi) is 2.71. The average molecular weight is 253 g/mol. The summed E-state index contributed by atoms with van der Waals surface area (Å²) < 4.78 is 0. The number of primary amides is 1. The Hall–Kier alpha value is -2.36. The van der Waals surface area contributed by atoms with Crippen molar-refractivity contribution in [1.29, 1.82) is 0 Å². The molecule has 0 aliphatic carbocycles. The summed E-state index contributed by atoms with van der Waals surface area (Å²) in [7, 11) is 0. The number of benzene rings is 1. The lowest BCUT2D eigenvalue weighted by atomic mass is 9.96. The molecule has 4 nitrogen and oxygen atoms in total. The summed E-state index contributed by atoms with van der Waals surface area (Å²) in [4.78, 5) is 18.9. The molecular weight excluding hydrogens is 238 g/mol. The number of hydrogen-bond donors (Lipinski definition) is 2. The lowest BCUT2D eigenvalue weighted by Gasteiger charge is -2.10. The van der Waals surface area contributed by atoms with Crippen molar-refractivity contribution in [1.82, 2.24) is 4.98 Å². The van der Waals surface area contributed by atoms with Crippen LogP contribution < -0.4 is 5.73 Å². The minimum Gasteiger partial charge on any atom is -0.366 e. The number of aliphatic imine (C=N–C) groups is 1. The number of rotatable bonds is 2. The van der Waals surface area contributed by atoms with Crippen molar-refractivity contribution in [3.63, 3.8) is 0 Å². The van der Waals surface area contributed by atoms with Crippen LogP contribution in [0.1, 0.15) is 27.9 Å². The number of carbonyl (C=O) groups excluding carboxylic acids is 1. The molecule has 0 radical (unpaired) electrons. The van der Waals surface area contributed by atoms with Gasteiger partial charge in [-0.3, -0.25) is 9.79 Å². The van der Waals surface area contributed by atoms with Crippen molar-refractivity contribution in [2.45, 2.75) is 13.3 Å². The summed E-state index contributed by atoms with van der Waals surface area (Å²) in [5.74, 6) is -0.412. The van der Waals surface area contributed by atoms with Crippen LogP contribution >= 0.6 is 0 Å². The maximum absolute atomic E-state index is 11.5. The van der Waals surface area contributed by atoms with Crippen LogP contribution in [0.5, 0.6) is 0 Å². The molecule has 3 rings (SSSR count). The van der Waals surface area contributed by atoms with Gasteiger partial charge in [-0.05, 0) is 36.1 Å². The van der Waals surface area contributed by atoms with Crippen molar-refractivity contribution in [3.05, 3.63) is 41.1 Å². The molecule has 0 fully saturated rings. The zero-order valence-electron chi connectivity index (χ0n) is 10.7. The molecule has 1 amide bonds. The highest BCUT2D eigenvalue weighted by Gasteiger charge is 2.15. The number of aromatic amines is 1. The van der Waals surface area contributed by atoms with E-state index >= 15 is 0 Å².